The van der Waals surface area contributed by atoms with Crippen molar-refractivity contribution in [1.29, 1.82) is 0 Å². The molecule has 0 saturated heterocycles. The SMILES string of the molecule is Cc1cccc(CSCCNC(=O)COc2ccc(Br)c(C)c2)c1. The highest BCUT2D eigenvalue weighted by molar-refractivity contribution is 9.10. The number of hydrogen-bond donors (Lipinski definition) is 1. The van der Waals surface area contributed by atoms with Gasteiger partial charge in [-0.2, -0.15) is 11.8 Å². The Balaban J connectivity index is 1.60. The van der Waals surface area contributed by atoms with Crippen LogP contribution in [0.3, 0.4) is 0 Å². The van der Waals surface area contributed by atoms with Crippen LogP contribution in [0.1, 0.15) is 16.7 Å². The summed E-state index contributed by atoms with van der Waals surface area (Å²) in [6.07, 6.45) is 0. The molecule has 0 unspecified atom stereocenters. The molecule has 0 spiro atoms. The van der Waals surface area contributed by atoms with E-state index < -0.39 is 0 Å². The predicted octanol–water partition coefficient (Wildman–Crippen LogP) is 4.49. The van der Waals surface area contributed by atoms with Crippen LogP contribution in [-0.4, -0.2) is 24.8 Å². The highest BCUT2D eigenvalue weighted by atomic mass is 79.9. The molecule has 0 aliphatic rings. The van der Waals surface area contributed by atoms with Crippen LogP contribution in [-0.2, 0) is 10.5 Å². The van der Waals surface area contributed by atoms with Gasteiger partial charge in [0.05, 0.1) is 0 Å². The first kappa shape index (κ1) is 18.9. The fourth-order valence-electron chi connectivity index (χ4n) is 2.16. The van der Waals surface area contributed by atoms with E-state index in [0.717, 1.165) is 21.5 Å². The highest BCUT2D eigenvalue weighted by Gasteiger charge is 2.04. The van der Waals surface area contributed by atoms with Gasteiger partial charge in [0, 0.05) is 22.5 Å². The number of halogens is 1. The number of benzene rings is 2. The quantitative estimate of drug-likeness (QED) is 0.654. The third kappa shape index (κ3) is 6.57. The molecule has 0 radical (unpaired) electrons. The molecule has 0 heterocycles. The summed E-state index contributed by atoms with van der Waals surface area (Å²) in [6.45, 7) is 4.78. The third-order valence-electron chi connectivity index (χ3n) is 3.42. The summed E-state index contributed by atoms with van der Waals surface area (Å²) < 4.78 is 6.54. The van der Waals surface area contributed by atoms with Gasteiger partial charge in [-0.25, -0.2) is 0 Å². The van der Waals surface area contributed by atoms with Gasteiger partial charge >= 0.3 is 0 Å². The fourth-order valence-corrected chi connectivity index (χ4v) is 3.21. The Hall–Kier alpha value is -1.46. The van der Waals surface area contributed by atoms with Gasteiger partial charge in [0.2, 0.25) is 0 Å². The van der Waals surface area contributed by atoms with Crippen LogP contribution in [0.25, 0.3) is 0 Å². The molecule has 3 nitrogen and oxygen atoms in total. The van der Waals surface area contributed by atoms with Crippen molar-refractivity contribution in [3.8, 4) is 5.75 Å². The number of rotatable bonds is 8. The van der Waals surface area contributed by atoms with E-state index in [1.807, 2.05) is 36.9 Å². The van der Waals surface area contributed by atoms with Crippen LogP contribution < -0.4 is 10.1 Å². The van der Waals surface area contributed by atoms with Crippen molar-refractivity contribution in [3.05, 3.63) is 63.6 Å². The van der Waals surface area contributed by atoms with E-state index >= 15 is 0 Å². The molecule has 1 amide bonds. The smallest absolute Gasteiger partial charge is 0.257 e. The number of aryl methyl sites for hydroxylation is 2. The molecular weight excluding hydrogens is 386 g/mol. The van der Waals surface area contributed by atoms with Gasteiger partial charge in [0.15, 0.2) is 6.61 Å². The molecule has 0 bridgehead atoms. The molecule has 2 aromatic rings. The minimum atomic E-state index is -0.0910. The average Bonchev–Trinajstić information content (AvgIpc) is 2.56. The van der Waals surface area contributed by atoms with Crippen LogP contribution in [0.4, 0.5) is 0 Å². The van der Waals surface area contributed by atoms with Crippen LogP contribution in [0.15, 0.2) is 46.9 Å². The summed E-state index contributed by atoms with van der Waals surface area (Å²) in [5.74, 6) is 2.47. The molecule has 0 aliphatic carbocycles. The Morgan fingerprint density at radius 3 is 2.79 bits per heavy atom. The zero-order chi connectivity index (χ0) is 17.4. The topological polar surface area (TPSA) is 38.3 Å². The number of amides is 1. The molecule has 0 aromatic heterocycles. The zero-order valence-electron chi connectivity index (χ0n) is 14.0. The second-order valence-electron chi connectivity index (χ2n) is 5.59. The van der Waals surface area contributed by atoms with Gasteiger partial charge in [0.1, 0.15) is 5.75 Å². The maximum absolute atomic E-state index is 11.8. The summed E-state index contributed by atoms with van der Waals surface area (Å²) in [7, 11) is 0. The maximum atomic E-state index is 11.8. The number of hydrogen-bond acceptors (Lipinski definition) is 3. The largest absolute Gasteiger partial charge is 0.484 e. The van der Waals surface area contributed by atoms with E-state index in [2.05, 4.69) is 52.4 Å². The van der Waals surface area contributed by atoms with Gasteiger partial charge in [-0.15, -0.1) is 0 Å². The van der Waals surface area contributed by atoms with Crippen molar-refractivity contribution in [3.63, 3.8) is 0 Å². The number of carbonyl (C=O) groups excluding carboxylic acids is 1. The normalized spacial score (nSPS) is 10.5. The summed E-state index contributed by atoms with van der Waals surface area (Å²) in [5, 5.41) is 2.88. The molecular formula is C19H22BrNO2S. The minimum Gasteiger partial charge on any atom is -0.484 e. The lowest BCUT2D eigenvalue weighted by Crippen LogP contribution is -2.30. The molecule has 24 heavy (non-hydrogen) atoms. The van der Waals surface area contributed by atoms with Crippen LogP contribution in [0.5, 0.6) is 5.75 Å². The summed E-state index contributed by atoms with van der Waals surface area (Å²) in [4.78, 5) is 11.8. The first-order chi connectivity index (χ1) is 11.5. The van der Waals surface area contributed by atoms with Crippen molar-refractivity contribution < 1.29 is 9.53 Å². The number of nitrogens with one attached hydrogen (secondary N) is 1. The molecule has 0 aliphatic heterocycles. The van der Waals surface area contributed by atoms with Gasteiger partial charge < -0.3 is 10.1 Å². The minimum absolute atomic E-state index is 0.0453. The highest BCUT2D eigenvalue weighted by Crippen LogP contribution is 2.21. The lowest BCUT2D eigenvalue weighted by atomic mass is 10.2. The molecule has 0 saturated carbocycles. The monoisotopic (exact) mass is 407 g/mol. The van der Waals surface area contributed by atoms with Crippen molar-refractivity contribution in [2.45, 2.75) is 19.6 Å². The lowest BCUT2D eigenvalue weighted by Gasteiger charge is -2.09. The molecule has 0 fully saturated rings. The first-order valence-electron chi connectivity index (χ1n) is 7.83. The Morgan fingerprint density at radius 2 is 2.04 bits per heavy atom. The van der Waals surface area contributed by atoms with Crippen LogP contribution >= 0.6 is 27.7 Å². The van der Waals surface area contributed by atoms with E-state index in [1.165, 1.54) is 11.1 Å². The molecule has 5 heteroatoms. The molecule has 1 N–H and O–H groups in total. The maximum Gasteiger partial charge on any atom is 0.257 e. The van der Waals surface area contributed by atoms with Gasteiger partial charge in [0.25, 0.3) is 5.91 Å². The molecule has 2 aromatic carbocycles. The molecule has 128 valence electrons. The van der Waals surface area contributed by atoms with Crippen molar-refractivity contribution >= 4 is 33.6 Å². The Kier molecular flexibility index (Phi) is 7.66. The van der Waals surface area contributed by atoms with Crippen molar-refractivity contribution in [2.24, 2.45) is 0 Å². The van der Waals surface area contributed by atoms with E-state index in [-0.39, 0.29) is 12.5 Å². The Morgan fingerprint density at radius 1 is 1.21 bits per heavy atom. The number of carbonyl (C=O) groups is 1. The first-order valence-corrected chi connectivity index (χ1v) is 9.78. The summed E-state index contributed by atoms with van der Waals surface area (Å²) >= 11 is 5.26. The second kappa shape index (κ2) is 9.74. The van der Waals surface area contributed by atoms with Crippen LogP contribution in [0, 0.1) is 13.8 Å². The Bertz CT molecular complexity index is 691. The van der Waals surface area contributed by atoms with E-state index in [4.69, 9.17) is 4.74 Å². The van der Waals surface area contributed by atoms with Crippen LogP contribution in [0.2, 0.25) is 0 Å². The van der Waals surface area contributed by atoms with E-state index in [9.17, 15) is 4.79 Å². The van der Waals surface area contributed by atoms with Gasteiger partial charge in [-0.3, -0.25) is 4.79 Å². The fraction of sp³-hybridized carbons (Fsp3) is 0.316. The number of ether oxygens (including phenoxy) is 1. The number of thioether (sulfide) groups is 1. The lowest BCUT2D eigenvalue weighted by molar-refractivity contribution is -0.122. The standard InChI is InChI=1S/C19H22BrNO2S/c1-14-4-3-5-16(10-14)13-24-9-8-21-19(22)12-23-17-6-7-18(20)15(2)11-17/h3-7,10-11H,8-9,12-13H2,1-2H3,(H,21,22). The zero-order valence-corrected chi connectivity index (χ0v) is 16.4. The van der Waals surface area contributed by atoms with Gasteiger partial charge in [-0.05, 0) is 43.2 Å². The molecule has 0 atom stereocenters. The third-order valence-corrected chi connectivity index (χ3v) is 5.34. The molecule has 2 rings (SSSR count). The van der Waals surface area contributed by atoms with E-state index in [1.54, 1.807) is 0 Å². The second-order valence-corrected chi connectivity index (χ2v) is 7.55. The van der Waals surface area contributed by atoms with Gasteiger partial charge in [-0.1, -0.05) is 45.8 Å². The Labute approximate surface area is 156 Å². The summed E-state index contributed by atoms with van der Waals surface area (Å²) in [5.41, 5.74) is 3.68. The van der Waals surface area contributed by atoms with Crippen molar-refractivity contribution in [2.75, 3.05) is 18.9 Å². The van der Waals surface area contributed by atoms with E-state index in [0.29, 0.717) is 12.3 Å². The average molecular weight is 408 g/mol. The predicted molar refractivity (Wildman–Crippen MR) is 105 cm³/mol. The summed E-state index contributed by atoms with van der Waals surface area (Å²) in [6, 6.07) is 14.2. The van der Waals surface area contributed by atoms with Crippen molar-refractivity contribution in [1.82, 2.24) is 5.32 Å².